The van der Waals surface area contributed by atoms with Crippen molar-refractivity contribution in [1.82, 2.24) is 4.57 Å². The zero-order valence-electron chi connectivity index (χ0n) is 30.6. The Kier molecular flexibility index (Phi) is 8.08. The molecular weight excluding hydrogens is 665 g/mol. The molecule has 0 aliphatic rings. The fourth-order valence-corrected chi connectivity index (χ4v) is 8.10. The fourth-order valence-electron chi connectivity index (χ4n) is 8.10. The van der Waals surface area contributed by atoms with E-state index < -0.39 is 0 Å². The number of benzene rings is 9. The third-order valence-corrected chi connectivity index (χ3v) is 10.8. The van der Waals surface area contributed by atoms with Gasteiger partial charge >= 0.3 is 0 Å². The Bertz CT molecular complexity index is 2880. The number of nitrogens with zero attached hydrogens (tertiary/aromatic N) is 2. The highest BCUT2D eigenvalue weighted by atomic mass is 15.1. The van der Waals surface area contributed by atoms with Crippen LogP contribution < -0.4 is 4.90 Å². The average molecular weight is 703 g/mol. The van der Waals surface area contributed by atoms with Crippen LogP contribution in [0.2, 0.25) is 0 Å². The van der Waals surface area contributed by atoms with E-state index in [1.807, 2.05) is 0 Å². The minimum absolute atomic E-state index is 1.09. The molecule has 0 aliphatic carbocycles. The van der Waals surface area contributed by atoms with E-state index in [4.69, 9.17) is 0 Å². The SMILES string of the molecule is Cc1ccc(-c2ccc3ccccc3c2)c(-n2c3ccccc3c3ccc(N(c4ccc(-c5ccccc5)cc4)c4ccc(-c5ccccc5)cc4)cc32)c1. The van der Waals surface area contributed by atoms with Gasteiger partial charge in [0.25, 0.3) is 0 Å². The normalized spacial score (nSPS) is 11.4. The van der Waals surface area contributed by atoms with Crippen molar-refractivity contribution in [2.75, 3.05) is 4.90 Å². The van der Waals surface area contributed by atoms with Gasteiger partial charge in [0.15, 0.2) is 0 Å². The smallest absolute Gasteiger partial charge is 0.0562 e. The van der Waals surface area contributed by atoms with Gasteiger partial charge in [-0.05, 0) is 106 Å². The largest absolute Gasteiger partial charge is 0.310 e. The van der Waals surface area contributed by atoms with Gasteiger partial charge in [-0.1, -0.05) is 158 Å². The summed E-state index contributed by atoms with van der Waals surface area (Å²) in [4.78, 5) is 2.38. The van der Waals surface area contributed by atoms with Crippen LogP contribution in [0.5, 0.6) is 0 Å². The molecule has 0 atom stereocenters. The fraction of sp³-hybridized carbons (Fsp3) is 0.0189. The van der Waals surface area contributed by atoms with E-state index in [9.17, 15) is 0 Å². The molecule has 10 aromatic rings. The number of anilines is 3. The number of fused-ring (bicyclic) bond motifs is 4. The van der Waals surface area contributed by atoms with Gasteiger partial charge in [-0.2, -0.15) is 0 Å². The van der Waals surface area contributed by atoms with Gasteiger partial charge in [0, 0.05) is 33.4 Å². The number of hydrogen-bond acceptors (Lipinski definition) is 1. The Morgan fingerprint density at radius 2 is 0.873 bits per heavy atom. The van der Waals surface area contributed by atoms with E-state index in [2.05, 4.69) is 229 Å². The average Bonchev–Trinajstić information content (AvgIpc) is 3.58. The van der Waals surface area contributed by atoms with Gasteiger partial charge < -0.3 is 9.47 Å². The first-order chi connectivity index (χ1) is 27.2. The molecule has 2 heteroatoms. The van der Waals surface area contributed by atoms with Gasteiger partial charge in [0.2, 0.25) is 0 Å². The second kappa shape index (κ2) is 13.7. The van der Waals surface area contributed by atoms with Crippen molar-refractivity contribution in [3.8, 4) is 39.1 Å². The summed E-state index contributed by atoms with van der Waals surface area (Å²) < 4.78 is 2.47. The predicted octanol–water partition coefficient (Wildman–Crippen LogP) is 14.7. The van der Waals surface area contributed by atoms with Crippen molar-refractivity contribution in [3.63, 3.8) is 0 Å². The molecule has 0 bridgehead atoms. The van der Waals surface area contributed by atoms with E-state index in [1.54, 1.807) is 0 Å². The first-order valence-electron chi connectivity index (χ1n) is 18.9. The van der Waals surface area contributed by atoms with Gasteiger partial charge in [-0.3, -0.25) is 0 Å². The van der Waals surface area contributed by atoms with Crippen molar-refractivity contribution in [2.45, 2.75) is 6.92 Å². The first kappa shape index (κ1) is 32.5. The predicted molar refractivity (Wildman–Crippen MR) is 234 cm³/mol. The Balaban J connectivity index is 1.17. The molecule has 0 fully saturated rings. The summed E-state index contributed by atoms with van der Waals surface area (Å²) in [6, 6.07) is 77.1. The molecule has 0 spiro atoms. The lowest BCUT2D eigenvalue weighted by Crippen LogP contribution is -2.10. The third kappa shape index (κ3) is 5.95. The number of rotatable bonds is 7. The van der Waals surface area contributed by atoms with Crippen LogP contribution in [-0.2, 0) is 0 Å². The summed E-state index contributed by atoms with van der Waals surface area (Å²) in [7, 11) is 0. The van der Waals surface area contributed by atoms with Crippen LogP contribution in [0, 0.1) is 6.92 Å². The highest BCUT2D eigenvalue weighted by Crippen LogP contribution is 2.42. The molecule has 0 saturated carbocycles. The van der Waals surface area contributed by atoms with Crippen LogP contribution in [0.15, 0.2) is 212 Å². The third-order valence-electron chi connectivity index (χ3n) is 10.8. The molecule has 0 unspecified atom stereocenters. The molecule has 0 amide bonds. The molecule has 0 radical (unpaired) electrons. The zero-order chi connectivity index (χ0) is 36.7. The summed E-state index contributed by atoms with van der Waals surface area (Å²) in [6.45, 7) is 2.19. The van der Waals surface area contributed by atoms with Crippen LogP contribution >= 0.6 is 0 Å². The maximum Gasteiger partial charge on any atom is 0.0562 e. The van der Waals surface area contributed by atoms with Gasteiger partial charge in [-0.25, -0.2) is 0 Å². The highest BCUT2D eigenvalue weighted by Gasteiger charge is 2.20. The summed E-state index contributed by atoms with van der Waals surface area (Å²) >= 11 is 0. The molecule has 10 rings (SSSR count). The van der Waals surface area contributed by atoms with E-state index >= 15 is 0 Å². The van der Waals surface area contributed by atoms with Gasteiger partial charge in [0.05, 0.1) is 16.7 Å². The van der Waals surface area contributed by atoms with Crippen molar-refractivity contribution in [3.05, 3.63) is 218 Å². The van der Waals surface area contributed by atoms with Crippen LogP contribution in [0.3, 0.4) is 0 Å². The number of aryl methyl sites for hydroxylation is 1. The molecular formula is C53H38N2. The minimum atomic E-state index is 1.09. The second-order valence-corrected chi connectivity index (χ2v) is 14.3. The minimum Gasteiger partial charge on any atom is -0.310 e. The van der Waals surface area contributed by atoms with Crippen LogP contribution in [-0.4, -0.2) is 4.57 Å². The molecule has 0 aliphatic heterocycles. The van der Waals surface area contributed by atoms with E-state index in [-0.39, 0.29) is 0 Å². The first-order valence-corrected chi connectivity index (χ1v) is 18.9. The number of para-hydroxylation sites is 1. The maximum atomic E-state index is 2.47. The molecule has 1 heterocycles. The molecule has 0 saturated heterocycles. The van der Waals surface area contributed by atoms with Crippen molar-refractivity contribution in [2.24, 2.45) is 0 Å². The van der Waals surface area contributed by atoms with Crippen molar-refractivity contribution in [1.29, 1.82) is 0 Å². The summed E-state index contributed by atoms with van der Waals surface area (Å²) in [5.74, 6) is 0. The molecule has 260 valence electrons. The lowest BCUT2D eigenvalue weighted by atomic mass is 9.98. The molecule has 2 nitrogen and oxygen atoms in total. The van der Waals surface area contributed by atoms with Crippen LogP contribution in [0.4, 0.5) is 17.1 Å². The topological polar surface area (TPSA) is 8.17 Å². The lowest BCUT2D eigenvalue weighted by Gasteiger charge is -2.26. The number of hydrogen-bond donors (Lipinski definition) is 0. The van der Waals surface area contributed by atoms with Crippen LogP contribution in [0.25, 0.3) is 71.6 Å². The molecule has 0 N–H and O–H groups in total. The lowest BCUT2D eigenvalue weighted by molar-refractivity contribution is 1.17. The Labute approximate surface area is 321 Å². The standard InChI is InChI=1S/C53H38N2/c1-37-20-32-48(44-22-21-40-16-8-9-17-43(40)35-44)52(34-37)55-51-19-11-10-18-49(51)50-33-31-47(36-53(50)55)54(45-27-23-41(24-28-45)38-12-4-2-5-13-38)46-29-25-42(26-30-46)39-14-6-3-7-15-39/h2-36H,1H3. The summed E-state index contributed by atoms with van der Waals surface area (Å²) in [6.07, 6.45) is 0. The van der Waals surface area contributed by atoms with Gasteiger partial charge in [-0.15, -0.1) is 0 Å². The zero-order valence-corrected chi connectivity index (χ0v) is 30.6. The quantitative estimate of drug-likeness (QED) is 0.160. The number of aromatic nitrogens is 1. The molecule has 55 heavy (non-hydrogen) atoms. The summed E-state index contributed by atoms with van der Waals surface area (Å²) in [5, 5.41) is 4.95. The summed E-state index contributed by atoms with van der Waals surface area (Å²) in [5.41, 5.74) is 15.2. The molecule has 1 aromatic heterocycles. The van der Waals surface area contributed by atoms with E-state index in [0.717, 1.165) is 22.6 Å². The Morgan fingerprint density at radius 3 is 1.55 bits per heavy atom. The Hall–Kier alpha value is -7.16. The van der Waals surface area contributed by atoms with E-state index in [0.29, 0.717) is 0 Å². The maximum absolute atomic E-state index is 2.47. The van der Waals surface area contributed by atoms with Crippen LogP contribution in [0.1, 0.15) is 5.56 Å². The van der Waals surface area contributed by atoms with Crippen molar-refractivity contribution < 1.29 is 0 Å². The second-order valence-electron chi connectivity index (χ2n) is 14.3. The van der Waals surface area contributed by atoms with Crippen molar-refractivity contribution >= 4 is 49.6 Å². The highest BCUT2D eigenvalue weighted by molar-refractivity contribution is 6.11. The Morgan fingerprint density at radius 1 is 0.345 bits per heavy atom. The molecule has 9 aromatic carbocycles. The van der Waals surface area contributed by atoms with E-state index in [1.165, 1.54) is 71.7 Å². The monoisotopic (exact) mass is 702 g/mol. The van der Waals surface area contributed by atoms with Gasteiger partial charge in [0.1, 0.15) is 0 Å².